The van der Waals surface area contributed by atoms with Crippen LogP contribution in [0.2, 0.25) is 0 Å². The molecule has 1 nitrogen and oxygen atoms in total. The average Bonchev–Trinajstić information content (AvgIpc) is 2.75. The molecule has 1 heteroatoms. The van der Waals surface area contributed by atoms with E-state index in [2.05, 4.69) is 51.1 Å². The molecule has 2 aliphatic carbocycles. The van der Waals surface area contributed by atoms with Gasteiger partial charge in [-0.05, 0) is 67.3 Å². The minimum Gasteiger partial charge on any atom is -0.198 e. The van der Waals surface area contributed by atoms with Crippen LogP contribution in [-0.4, -0.2) is 0 Å². The van der Waals surface area contributed by atoms with Crippen molar-refractivity contribution in [3.63, 3.8) is 0 Å². The zero-order valence-corrected chi connectivity index (χ0v) is 19.7. The maximum atomic E-state index is 9.40. The SMILES string of the molecule is CC.CC.CC[C@@H]1C2CCCCC2[C@H](Cc2ccc(C)cc2)C(C)[C@H]1CC#N. The predicted molar refractivity (Wildman–Crippen MR) is 123 cm³/mol. The van der Waals surface area contributed by atoms with Crippen LogP contribution in [0.15, 0.2) is 24.3 Å². The first-order chi connectivity index (χ1) is 13.7. The Morgan fingerprint density at radius 3 is 1.93 bits per heavy atom. The van der Waals surface area contributed by atoms with Crippen LogP contribution in [0.4, 0.5) is 0 Å². The zero-order valence-electron chi connectivity index (χ0n) is 19.7. The number of hydrogen-bond donors (Lipinski definition) is 0. The van der Waals surface area contributed by atoms with Gasteiger partial charge in [-0.2, -0.15) is 5.26 Å². The van der Waals surface area contributed by atoms with Gasteiger partial charge >= 0.3 is 0 Å². The van der Waals surface area contributed by atoms with Gasteiger partial charge < -0.3 is 0 Å². The van der Waals surface area contributed by atoms with E-state index < -0.39 is 0 Å². The molecule has 0 aromatic heterocycles. The number of benzene rings is 1. The number of aryl methyl sites for hydroxylation is 1. The fourth-order valence-corrected chi connectivity index (χ4v) is 6.05. The highest BCUT2D eigenvalue weighted by atomic mass is 14.5. The van der Waals surface area contributed by atoms with E-state index in [4.69, 9.17) is 0 Å². The van der Waals surface area contributed by atoms with E-state index in [9.17, 15) is 5.26 Å². The molecule has 6 atom stereocenters. The lowest BCUT2D eigenvalue weighted by Crippen LogP contribution is -2.47. The molecule has 2 aliphatic rings. The van der Waals surface area contributed by atoms with Crippen molar-refractivity contribution in [3.8, 4) is 6.07 Å². The van der Waals surface area contributed by atoms with E-state index in [1.54, 1.807) is 0 Å². The summed E-state index contributed by atoms with van der Waals surface area (Å²) in [5.41, 5.74) is 2.84. The van der Waals surface area contributed by atoms with E-state index in [1.807, 2.05) is 27.7 Å². The second kappa shape index (κ2) is 13.0. The summed E-state index contributed by atoms with van der Waals surface area (Å²) in [7, 11) is 0. The summed E-state index contributed by atoms with van der Waals surface area (Å²) < 4.78 is 0. The minimum atomic E-state index is 0.606. The number of hydrogen-bond acceptors (Lipinski definition) is 1. The molecule has 0 radical (unpaired) electrons. The highest BCUT2D eigenvalue weighted by Crippen LogP contribution is 2.54. The fraction of sp³-hybridized carbons (Fsp3) is 0.741. The number of rotatable bonds is 4. The summed E-state index contributed by atoms with van der Waals surface area (Å²) in [4.78, 5) is 0. The standard InChI is InChI=1S/C23H33N.2C2H6/c1-4-19-20(13-14-24)17(3)23(22-8-6-5-7-21(19)22)15-18-11-9-16(2)10-12-18;2*1-2/h9-12,17,19-23H,4-8,13,15H2,1-3H3;2*1-2H3/t17?,19-,20+,21?,22?,23+;;/m0../s1. The molecule has 1 aromatic carbocycles. The maximum absolute atomic E-state index is 9.40. The third-order valence-corrected chi connectivity index (χ3v) is 7.27. The van der Waals surface area contributed by atoms with Crippen LogP contribution in [-0.2, 0) is 6.42 Å². The lowest BCUT2D eigenvalue weighted by Gasteiger charge is -2.53. The maximum Gasteiger partial charge on any atom is 0.0624 e. The Balaban J connectivity index is 0.000000921. The Hall–Kier alpha value is -1.29. The first-order valence-electron chi connectivity index (χ1n) is 12.1. The fourth-order valence-electron chi connectivity index (χ4n) is 6.05. The van der Waals surface area contributed by atoms with Crippen molar-refractivity contribution in [1.82, 2.24) is 0 Å². The molecule has 0 bridgehead atoms. The Bertz CT molecular complexity index is 567. The molecule has 28 heavy (non-hydrogen) atoms. The molecule has 0 heterocycles. The summed E-state index contributed by atoms with van der Waals surface area (Å²) in [5, 5.41) is 9.40. The van der Waals surface area contributed by atoms with Gasteiger partial charge in [-0.15, -0.1) is 0 Å². The minimum absolute atomic E-state index is 0.606. The number of nitriles is 1. The van der Waals surface area contributed by atoms with Crippen molar-refractivity contribution in [3.05, 3.63) is 35.4 Å². The van der Waals surface area contributed by atoms with Crippen molar-refractivity contribution < 1.29 is 0 Å². The van der Waals surface area contributed by atoms with Crippen molar-refractivity contribution in [2.75, 3.05) is 0 Å². The van der Waals surface area contributed by atoms with Gasteiger partial charge in [-0.1, -0.05) is 90.6 Å². The van der Waals surface area contributed by atoms with E-state index in [0.717, 1.165) is 30.1 Å². The lowest BCUT2D eigenvalue weighted by atomic mass is 9.52. The summed E-state index contributed by atoms with van der Waals surface area (Å²) >= 11 is 0. The van der Waals surface area contributed by atoms with Gasteiger partial charge in [0, 0.05) is 6.42 Å². The van der Waals surface area contributed by atoms with Crippen LogP contribution < -0.4 is 0 Å². The van der Waals surface area contributed by atoms with Gasteiger partial charge in [0.2, 0.25) is 0 Å². The first-order valence-corrected chi connectivity index (χ1v) is 12.1. The largest absolute Gasteiger partial charge is 0.198 e. The number of fused-ring (bicyclic) bond motifs is 1. The third kappa shape index (κ3) is 5.85. The Kier molecular flexibility index (Phi) is 11.5. The van der Waals surface area contributed by atoms with Gasteiger partial charge in [0.25, 0.3) is 0 Å². The highest BCUT2D eigenvalue weighted by Gasteiger charge is 2.47. The van der Waals surface area contributed by atoms with E-state index >= 15 is 0 Å². The van der Waals surface area contributed by atoms with Crippen LogP contribution in [0, 0.1) is 53.8 Å². The highest BCUT2D eigenvalue weighted by molar-refractivity contribution is 5.22. The van der Waals surface area contributed by atoms with Crippen LogP contribution in [0.25, 0.3) is 0 Å². The monoisotopic (exact) mass is 383 g/mol. The second-order valence-corrected chi connectivity index (χ2v) is 8.42. The zero-order chi connectivity index (χ0) is 21.1. The molecule has 0 spiro atoms. The lowest BCUT2D eigenvalue weighted by molar-refractivity contribution is -0.0361. The first kappa shape index (κ1) is 24.7. The Morgan fingerprint density at radius 2 is 1.43 bits per heavy atom. The van der Waals surface area contributed by atoms with Crippen LogP contribution >= 0.6 is 0 Å². The molecule has 0 N–H and O–H groups in total. The van der Waals surface area contributed by atoms with Gasteiger partial charge in [0.05, 0.1) is 6.07 Å². The molecule has 2 saturated carbocycles. The molecule has 158 valence electrons. The van der Waals surface area contributed by atoms with E-state index in [1.165, 1.54) is 49.7 Å². The molecule has 3 rings (SSSR count). The summed E-state index contributed by atoms with van der Waals surface area (Å²) in [6, 6.07) is 11.7. The van der Waals surface area contributed by atoms with Gasteiger partial charge in [-0.3, -0.25) is 0 Å². The topological polar surface area (TPSA) is 23.8 Å². The molecular formula is C27H45N. The van der Waals surface area contributed by atoms with Crippen molar-refractivity contribution >= 4 is 0 Å². The molecule has 2 fully saturated rings. The van der Waals surface area contributed by atoms with Gasteiger partial charge in [0.1, 0.15) is 0 Å². The predicted octanol–water partition coefficient (Wildman–Crippen LogP) is 8.22. The van der Waals surface area contributed by atoms with Crippen LogP contribution in [0.1, 0.15) is 91.2 Å². The van der Waals surface area contributed by atoms with E-state index in [0.29, 0.717) is 11.8 Å². The molecule has 0 saturated heterocycles. The van der Waals surface area contributed by atoms with Crippen molar-refractivity contribution in [1.29, 1.82) is 5.26 Å². The third-order valence-electron chi connectivity index (χ3n) is 7.27. The summed E-state index contributed by atoms with van der Waals surface area (Å²) in [5.74, 6) is 4.58. The van der Waals surface area contributed by atoms with Crippen molar-refractivity contribution in [2.24, 2.45) is 35.5 Å². The number of nitrogens with zero attached hydrogens (tertiary/aromatic N) is 1. The summed E-state index contributed by atoms with van der Waals surface area (Å²) in [6.45, 7) is 15.0. The van der Waals surface area contributed by atoms with Gasteiger partial charge in [0.15, 0.2) is 0 Å². The quantitative estimate of drug-likeness (QED) is 0.513. The molecule has 3 unspecified atom stereocenters. The summed E-state index contributed by atoms with van der Waals surface area (Å²) in [6.07, 6.45) is 8.87. The average molecular weight is 384 g/mol. The molecule has 1 aromatic rings. The second-order valence-electron chi connectivity index (χ2n) is 8.42. The van der Waals surface area contributed by atoms with Gasteiger partial charge in [-0.25, -0.2) is 0 Å². The molecule has 0 aliphatic heterocycles. The van der Waals surface area contributed by atoms with Crippen LogP contribution in [0.5, 0.6) is 0 Å². The van der Waals surface area contributed by atoms with Crippen LogP contribution in [0.3, 0.4) is 0 Å². The Morgan fingerprint density at radius 1 is 0.893 bits per heavy atom. The van der Waals surface area contributed by atoms with Crippen molar-refractivity contribution in [2.45, 2.75) is 93.4 Å². The smallest absolute Gasteiger partial charge is 0.0624 e. The molecular weight excluding hydrogens is 338 g/mol. The normalized spacial score (nSPS) is 31.2. The van der Waals surface area contributed by atoms with E-state index in [-0.39, 0.29) is 0 Å². The Labute approximate surface area is 175 Å². The molecule has 0 amide bonds.